The molecule has 4 nitrogen and oxygen atoms in total. The van der Waals surface area contributed by atoms with Gasteiger partial charge in [-0.15, -0.1) is 0 Å². The number of nitrogens with one attached hydrogen (secondary N) is 1. The van der Waals surface area contributed by atoms with Gasteiger partial charge < -0.3 is 10.2 Å². The van der Waals surface area contributed by atoms with Crippen molar-refractivity contribution in [3.05, 3.63) is 69.7 Å². The predicted molar refractivity (Wildman–Crippen MR) is 119 cm³/mol. The van der Waals surface area contributed by atoms with Gasteiger partial charge in [-0.3, -0.25) is 9.59 Å². The molecular formula is C23H28Cl2N2O2. The molecule has 0 aliphatic carbocycles. The Morgan fingerprint density at radius 1 is 1.07 bits per heavy atom. The summed E-state index contributed by atoms with van der Waals surface area (Å²) in [5, 5.41) is 4.19. The van der Waals surface area contributed by atoms with Gasteiger partial charge >= 0.3 is 0 Å². The Labute approximate surface area is 183 Å². The van der Waals surface area contributed by atoms with Gasteiger partial charge in [-0.1, -0.05) is 53.5 Å². The van der Waals surface area contributed by atoms with Crippen LogP contribution in [0.2, 0.25) is 10.0 Å². The fourth-order valence-corrected chi connectivity index (χ4v) is 3.42. The van der Waals surface area contributed by atoms with E-state index in [1.807, 2.05) is 63.2 Å². The maximum Gasteiger partial charge on any atom is 0.242 e. The Kier molecular flexibility index (Phi) is 8.12. The quantitative estimate of drug-likeness (QED) is 0.645. The Balaban J connectivity index is 2.19. The second-order valence-corrected chi connectivity index (χ2v) is 9.00. The Morgan fingerprint density at radius 2 is 1.76 bits per heavy atom. The van der Waals surface area contributed by atoms with E-state index in [1.54, 1.807) is 17.9 Å². The van der Waals surface area contributed by atoms with E-state index in [9.17, 15) is 9.59 Å². The zero-order valence-corrected chi connectivity index (χ0v) is 18.8. The van der Waals surface area contributed by atoms with E-state index in [-0.39, 0.29) is 23.8 Å². The lowest BCUT2D eigenvalue weighted by Gasteiger charge is -2.31. The molecule has 29 heavy (non-hydrogen) atoms. The van der Waals surface area contributed by atoms with Crippen molar-refractivity contribution < 1.29 is 9.59 Å². The van der Waals surface area contributed by atoms with Crippen molar-refractivity contribution in [2.24, 2.45) is 0 Å². The molecule has 0 aromatic heterocycles. The van der Waals surface area contributed by atoms with E-state index in [1.165, 1.54) is 0 Å². The summed E-state index contributed by atoms with van der Waals surface area (Å²) in [4.78, 5) is 27.4. The lowest BCUT2D eigenvalue weighted by molar-refractivity contribution is -0.141. The molecule has 0 bridgehead atoms. The summed E-state index contributed by atoms with van der Waals surface area (Å²) >= 11 is 12.3. The maximum atomic E-state index is 13.1. The first kappa shape index (κ1) is 23.2. The van der Waals surface area contributed by atoms with Crippen LogP contribution >= 0.6 is 23.2 Å². The van der Waals surface area contributed by atoms with Gasteiger partial charge in [0.25, 0.3) is 0 Å². The molecule has 6 heteroatoms. The molecule has 2 aromatic rings. The van der Waals surface area contributed by atoms with Gasteiger partial charge in [0, 0.05) is 28.5 Å². The van der Waals surface area contributed by atoms with Crippen molar-refractivity contribution in [1.82, 2.24) is 10.2 Å². The molecule has 1 N–H and O–H groups in total. The molecule has 0 aliphatic heterocycles. The zero-order chi connectivity index (χ0) is 21.6. The molecule has 2 rings (SSSR count). The highest BCUT2D eigenvalue weighted by Crippen LogP contribution is 2.19. The van der Waals surface area contributed by atoms with Crippen LogP contribution in [0.15, 0.2) is 48.5 Å². The van der Waals surface area contributed by atoms with Crippen LogP contribution in [0.5, 0.6) is 0 Å². The molecule has 2 amide bonds. The van der Waals surface area contributed by atoms with Crippen molar-refractivity contribution in [2.45, 2.75) is 58.7 Å². The van der Waals surface area contributed by atoms with Crippen LogP contribution in [-0.2, 0) is 22.6 Å². The number of carbonyl (C=O) groups is 2. The summed E-state index contributed by atoms with van der Waals surface area (Å²) in [6, 6.07) is 14.2. The molecular weight excluding hydrogens is 407 g/mol. The third-order valence-corrected chi connectivity index (χ3v) is 5.08. The number of benzene rings is 2. The normalized spacial score (nSPS) is 12.3. The lowest BCUT2D eigenvalue weighted by atomic mass is 10.1. The van der Waals surface area contributed by atoms with Crippen LogP contribution in [0.25, 0.3) is 0 Å². The standard InChI is InChI=1S/C23H28Cl2N2O2/c1-16(22(29)26-23(2,3)4)27(15-17-8-7-10-19(24)14-17)21(28)13-12-18-9-5-6-11-20(18)25/h5-11,14,16H,12-13,15H2,1-4H3,(H,26,29). The minimum Gasteiger partial charge on any atom is -0.350 e. The summed E-state index contributed by atoms with van der Waals surface area (Å²) < 4.78 is 0. The Hall–Kier alpha value is -2.04. The van der Waals surface area contributed by atoms with Gasteiger partial charge in [0.2, 0.25) is 11.8 Å². The Morgan fingerprint density at radius 3 is 2.38 bits per heavy atom. The first-order chi connectivity index (χ1) is 13.6. The number of hydrogen-bond acceptors (Lipinski definition) is 2. The first-order valence-electron chi connectivity index (χ1n) is 9.66. The van der Waals surface area contributed by atoms with E-state index < -0.39 is 6.04 Å². The van der Waals surface area contributed by atoms with Crippen molar-refractivity contribution >= 4 is 35.0 Å². The van der Waals surface area contributed by atoms with Crippen LogP contribution in [0.4, 0.5) is 0 Å². The fraction of sp³-hybridized carbons (Fsp3) is 0.391. The molecule has 0 saturated carbocycles. The summed E-state index contributed by atoms with van der Waals surface area (Å²) in [7, 11) is 0. The first-order valence-corrected chi connectivity index (χ1v) is 10.4. The van der Waals surface area contributed by atoms with Crippen LogP contribution < -0.4 is 5.32 Å². The SMILES string of the molecule is CC(C(=O)NC(C)(C)C)N(Cc1cccc(Cl)c1)C(=O)CCc1ccccc1Cl. The van der Waals surface area contributed by atoms with Crippen molar-refractivity contribution in [3.8, 4) is 0 Å². The molecule has 0 radical (unpaired) electrons. The lowest BCUT2D eigenvalue weighted by Crippen LogP contribution is -2.52. The van der Waals surface area contributed by atoms with Crippen molar-refractivity contribution in [3.63, 3.8) is 0 Å². The summed E-state index contributed by atoms with van der Waals surface area (Å²) in [6.07, 6.45) is 0.773. The summed E-state index contributed by atoms with van der Waals surface area (Å²) in [6.45, 7) is 7.80. The Bertz CT molecular complexity index is 862. The number of hydrogen-bond donors (Lipinski definition) is 1. The third-order valence-electron chi connectivity index (χ3n) is 4.47. The van der Waals surface area contributed by atoms with E-state index in [2.05, 4.69) is 5.32 Å². The maximum absolute atomic E-state index is 13.1. The van der Waals surface area contributed by atoms with Crippen LogP contribution in [0.3, 0.4) is 0 Å². The summed E-state index contributed by atoms with van der Waals surface area (Å²) in [5.41, 5.74) is 1.41. The average molecular weight is 435 g/mol. The molecule has 1 unspecified atom stereocenters. The highest BCUT2D eigenvalue weighted by Gasteiger charge is 2.28. The number of halogens is 2. The molecule has 156 valence electrons. The zero-order valence-electron chi connectivity index (χ0n) is 17.3. The monoisotopic (exact) mass is 434 g/mol. The van der Waals surface area contributed by atoms with Gasteiger partial charge in [-0.2, -0.15) is 0 Å². The minimum absolute atomic E-state index is 0.110. The molecule has 0 heterocycles. The van der Waals surface area contributed by atoms with Gasteiger partial charge in [0.15, 0.2) is 0 Å². The average Bonchev–Trinajstić information content (AvgIpc) is 2.63. The number of carbonyl (C=O) groups excluding carboxylic acids is 2. The van der Waals surface area contributed by atoms with Crippen LogP contribution in [-0.4, -0.2) is 28.3 Å². The number of amides is 2. The fourth-order valence-electron chi connectivity index (χ4n) is 2.98. The van der Waals surface area contributed by atoms with Crippen molar-refractivity contribution in [1.29, 1.82) is 0 Å². The molecule has 2 aromatic carbocycles. The van der Waals surface area contributed by atoms with Crippen molar-refractivity contribution in [2.75, 3.05) is 0 Å². The van der Waals surface area contributed by atoms with Gasteiger partial charge in [-0.05, 0) is 63.4 Å². The molecule has 0 aliphatic rings. The molecule has 0 saturated heterocycles. The molecule has 1 atom stereocenters. The smallest absolute Gasteiger partial charge is 0.242 e. The second-order valence-electron chi connectivity index (χ2n) is 8.16. The van der Waals surface area contributed by atoms with E-state index in [4.69, 9.17) is 23.2 Å². The van der Waals surface area contributed by atoms with Crippen LogP contribution in [0.1, 0.15) is 45.2 Å². The predicted octanol–water partition coefficient (Wildman–Crippen LogP) is 5.26. The highest BCUT2D eigenvalue weighted by atomic mass is 35.5. The van der Waals surface area contributed by atoms with E-state index >= 15 is 0 Å². The molecule has 0 fully saturated rings. The van der Waals surface area contributed by atoms with Gasteiger partial charge in [-0.25, -0.2) is 0 Å². The number of nitrogens with zero attached hydrogens (tertiary/aromatic N) is 1. The van der Waals surface area contributed by atoms with Gasteiger partial charge in [0.1, 0.15) is 6.04 Å². The van der Waals surface area contributed by atoms with Gasteiger partial charge in [0.05, 0.1) is 0 Å². The van der Waals surface area contributed by atoms with E-state index in [0.717, 1.165) is 11.1 Å². The van der Waals surface area contributed by atoms with E-state index in [0.29, 0.717) is 23.0 Å². The summed E-state index contributed by atoms with van der Waals surface area (Å²) in [5.74, 6) is -0.299. The number of rotatable bonds is 7. The largest absolute Gasteiger partial charge is 0.350 e. The highest BCUT2D eigenvalue weighted by molar-refractivity contribution is 6.31. The second kappa shape index (κ2) is 10.1. The topological polar surface area (TPSA) is 49.4 Å². The molecule has 0 spiro atoms. The minimum atomic E-state index is -0.619. The number of aryl methyl sites for hydroxylation is 1. The van der Waals surface area contributed by atoms with Crippen LogP contribution in [0, 0.1) is 0 Å². The third kappa shape index (κ3) is 7.37.